The number of hydrogen-bond donors (Lipinski definition) is 0. The number of fused-ring (bicyclic) bond motifs is 2. The molecule has 1 heterocycles. The fraction of sp³-hybridized carbons (Fsp3) is 0.0476. The number of ether oxygens (including phenoxy) is 1. The van der Waals surface area contributed by atoms with E-state index in [1.54, 1.807) is 0 Å². The van der Waals surface area contributed by atoms with Gasteiger partial charge in [-0.2, -0.15) is 0 Å². The second-order valence-electron chi connectivity index (χ2n) is 5.28. The summed E-state index contributed by atoms with van der Waals surface area (Å²) in [6.07, 6.45) is 7.76. The quantitative estimate of drug-likeness (QED) is 0.629. The Morgan fingerprint density at radius 3 is 1.96 bits per heavy atom. The van der Waals surface area contributed by atoms with E-state index in [9.17, 15) is 0 Å². The summed E-state index contributed by atoms with van der Waals surface area (Å²) in [5, 5.41) is 0. The molecule has 0 N–H and O–H groups in total. The Morgan fingerprint density at radius 1 is 0.870 bits per heavy atom. The van der Waals surface area contributed by atoms with Crippen LogP contribution in [0.25, 0.3) is 0 Å². The van der Waals surface area contributed by atoms with Crippen LogP contribution in [0.3, 0.4) is 0 Å². The van der Waals surface area contributed by atoms with Crippen molar-refractivity contribution in [1.82, 2.24) is 0 Å². The summed E-state index contributed by atoms with van der Waals surface area (Å²) in [5.74, 6) is 1.67. The van der Waals surface area contributed by atoms with Crippen molar-refractivity contribution in [2.24, 2.45) is 0 Å². The van der Waals surface area contributed by atoms with Gasteiger partial charge in [-0.05, 0) is 43.3 Å². The normalized spacial score (nSPS) is 13.7. The largest absolute Gasteiger partial charge is 0.453 e. The molecule has 0 unspecified atom stereocenters. The van der Waals surface area contributed by atoms with Crippen molar-refractivity contribution in [3.05, 3.63) is 97.3 Å². The van der Waals surface area contributed by atoms with Crippen LogP contribution in [0.2, 0.25) is 0 Å². The molecule has 0 atom stereocenters. The second kappa shape index (κ2) is 6.41. The van der Waals surface area contributed by atoms with Crippen LogP contribution < -0.4 is 9.64 Å². The molecule has 0 aliphatic carbocycles. The van der Waals surface area contributed by atoms with Crippen LogP contribution in [-0.2, 0) is 0 Å². The van der Waals surface area contributed by atoms with Crippen LogP contribution in [0.15, 0.2) is 97.3 Å². The van der Waals surface area contributed by atoms with Gasteiger partial charge in [0.15, 0.2) is 11.5 Å². The molecule has 1 aliphatic heterocycles. The molecule has 0 spiro atoms. The predicted molar refractivity (Wildman–Crippen MR) is 97.3 cm³/mol. The third-order valence-electron chi connectivity index (χ3n) is 3.74. The van der Waals surface area contributed by atoms with Crippen LogP contribution in [-0.4, -0.2) is 0 Å². The lowest BCUT2D eigenvalue weighted by atomic mass is 10.1. The zero-order valence-corrected chi connectivity index (χ0v) is 13.2. The zero-order valence-electron chi connectivity index (χ0n) is 13.2. The fourth-order valence-corrected chi connectivity index (χ4v) is 2.50. The standard InChI is InChI=1S/C21H19NO/c1-4-16(3)14-15-17(5-2)22-18-10-6-8-12-20(18)23-21-13-9-7-11-19(21)22/h4-15H,1-2H2,3H3/b16-14+,17-15+. The Morgan fingerprint density at radius 2 is 1.43 bits per heavy atom. The highest BCUT2D eigenvalue weighted by atomic mass is 16.5. The smallest absolute Gasteiger partial charge is 0.151 e. The molecule has 0 fully saturated rings. The van der Waals surface area contributed by atoms with Crippen LogP contribution in [0.5, 0.6) is 11.5 Å². The Bertz CT molecular complexity index is 769. The van der Waals surface area contributed by atoms with Gasteiger partial charge in [-0.25, -0.2) is 0 Å². The minimum Gasteiger partial charge on any atom is -0.453 e. The van der Waals surface area contributed by atoms with E-state index in [1.807, 2.05) is 79.8 Å². The van der Waals surface area contributed by atoms with E-state index in [4.69, 9.17) is 4.74 Å². The third-order valence-corrected chi connectivity index (χ3v) is 3.74. The van der Waals surface area contributed by atoms with Crippen LogP contribution >= 0.6 is 0 Å². The molecule has 2 heteroatoms. The van der Waals surface area contributed by atoms with Gasteiger partial charge in [-0.1, -0.05) is 55.1 Å². The molecule has 0 amide bonds. The van der Waals surface area contributed by atoms with E-state index in [0.29, 0.717) is 0 Å². The summed E-state index contributed by atoms with van der Waals surface area (Å²) in [7, 11) is 0. The maximum atomic E-state index is 6.01. The van der Waals surface area contributed by atoms with Crippen molar-refractivity contribution < 1.29 is 4.74 Å². The van der Waals surface area contributed by atoms with Gasteiger partial charge < -0.3 is 9.64 Å². The lowest BCUT2D eigenvalue weighted by molar-refractivity contribution is 0.476. The van der Waals surface area contributed by atoms with Gasteiger partial charge in [0.05, 0.1) is 11.4 Å². The summed E-state index contributed by atoms with van der Waals surface area (Å²) in [6, 6.07) is 16.0. The van der Waals surface area contributed by atoms with Gasteiger partial charge >= 0.3 is 0 Å². The van der Waals surface area contributed by atoms with Gasteiger partial charge in [0.25, 0.3) is 0 Å². The first kappa shape index (κ1) is 14.9. The van der Waals surface area contributed by atoms with Crippen LogP contribution in [0, 0.1) is 0 Å². The summed E-state index contributed by atoms with van der Waals surface area (Å²) in [5.41, 5.74) is 4.08. The van der Waals surface area contributed by atoms with E-state index in [2.05, 4.69) is 18.1 Å². The molecule has 2 nitrogen and oxygen atoms in total. The maximum absolute atomic E-state index is 6.01. The summed E-state index contributed by atoms with van der Waals surface area (Å²) in [4.78, 5) is 2.16. The lowest BCUT2D eigenvalue weighted by Crippen LogP contribution is -2.19. The van der Waals surface area contributed by atoms with Crippen molar-refractivity contribution in [3.8, 4) is 11.5 Å². The number of para-hydroxylation sites is 4. The van der Waals surface area contributed by atoms with Crippen molar-refractivity contribution in [2.75, 3.05) is 4.90 Å². The van der Waals surface area contributed by atoms with Crippen LogP contribution in [0.1, 0.15) is 6.92 Å². The summed E-state index contributed by atoms with van der Waals surface area (Å²) < 4.78 is 6.01. The number of benzene rings is 2. The summed E-state index contributed by atoms with van der Waals surface area (Å²) >= 11 is 0. The molecule has 3 rings (SSSR count). The van der Waals surface area contributed by atoms with E-state index in [1.165, 1.54) is 0 Å². The van der Waals surface area contributed by atoms with Gasteiger partial charge in [0, 0.05) is 5.70 Å². The average Bonchev–Trinajstić information content (AvgIpc) is 2.61. The molecule has 0 radical (unpaired) electrons. The molecular formula is C21H19NO. The van der Waals surface area contributed by atoms with Crippen molar-refractivity contribution in [1.29, 1.82) is 0 Å². The number of nitrogens with zero attached hydrogens (tertiary/aromatic N) is 1. The van der Waals surface area contributed by atoms with E-state index < -0.39 is 0 Å². The van der Waals surface area contributed by atoms with E-state index >= 15 is 0 Å². The average molecular weight is 301 g/mol. The fourth-order valence-electron chi connectivity index (χ4n) is 2.50. The first-order valence-corrected chi connectivity index (χ1v) is 7.54. The zero-order chi connectivity index (χ0) is 16.2. The molecule has 2 aromatic carbocycles. The SMILES string of the molecule is C=C/C(C)=C/C=C(\C=C)N1c2ccccc2Oc2ccccc21. The van der Waals surface area contributed by atoms with Gasteiger partial charge in [-0.15, -0.1) is 0 Å². The topological polar surface area (TPSA) is 12.5 Å². The van der Waals surface area contributed by atoms with E-state index in [-0.39, 0.29) is 0 Å². The number of anilines is 2. The van der Waals surface area contributed by atoms with Crippen LogP contribution in [0.4, 0.5) is 11.4 Å². The third kappa shape index (κ3) is 2.84. The highest BCUT2D eigenvalue weighted by Crippen LogP contribution is 2.48. The highest BCUT2D eigenvalue weighted by molar-refractivity contribution is 5.82. The number of allylic oxidation sites excluding steroid dienone is 5. The Balaban J connectivity index is 2.17. The molecule has 0 saturated heterocycles. The Labute approximate surface area is 137 Å². The van der Waals surface area contributed by atoms with Crippen molar-refractivity contribution in [2.45, 2.75) is 6.92 Å². The van der Waals surface area contributed by atoms with Gasteiger partial charge in [0.2, 0.25) is 0 Å². The predicted octanol–water partition coefficient (Wildman–Crippen LogP) is 6.13. The van der Waals surface area contributed by atoms with E-state index in [0.717, 1.165) is 34.1 Å². The number of rotatable bonds is 4. The molecule has 114 valence electrons. The minimum absolute atomic E-state index is 0.836. The minimum atomic E-state index is 0.836. The molecule has 2 aromatic rings. The summed E-state index contributed by atoms with van der Waals surface area (Å²) in [6.45, 7) is 9.79. The molecule has 23 heavy (non-hydrogen) atoms. The maximum Gasteiger partial charge on any atom is 0.151 e. The lowest BCUT2D eigenvalue weighted by Gasteiger charge is -2.33. The first-order valence-electron chi connectivity index (χ1n) is 7.54. The van der Waals surface area contributed by atoms with Gasteiger partial charge in [0.1, 0.15) is 0 Å². The molecule has 0 saturated carbocycles. The molecule has 0 bridgehead atoms. The second-order valence-corrected chi connectivity index (χ2v) is 5.28. The highest BCUT2D eigenvalue weighted by Gasteiger charge is 2.25. The number of hydrogen-bond acceptors (Lipinski definition) is 2. The molecule has 0 aromatic heterocycles. The first-order chi connectivity index (χ1) is 11.2. The monoisotopic (exact) mass is 301 g/mol. The molecule has 1 aliphatic rings. The molecular weight excluding hydrogens is 282 g/mol. The van der Waals surface area contributed by atoms with Gasteiger partial charge in [-0.3, -0.25) is 0 Å². The Hall–Kier alpha value is -3.00. The van der Waals surface area contributed by atoms with Crippen molar-refractivity contribution >= 4 is 11.4 Å². The Kier molecular flexibility index (Phi) is 4.15. The van der Waals surface area contributed by atoms with Crippen molar-refractivity contribution in [3.63, 3.8) is 0 Å².